The molecule has 2 aromatic rings. The number of hydrogen-bond donors (Lipinski definition) is 1. The average Bonchev–Trinajstić information content (AvgIpc) is 2.54. The molecule has 1 N–H and O–H groups in total. The second kappa shape index (κ2) is 6.64. The third-order valence-corrected chi connectivity index (χ3v) is 4.15. The number of anilines is 1. The van der Waals surface area contributed by atoms with Gasteiger partial charge in [0, 0.05) is 23.6 Å². The quantitative estimate of drug-likeness (QED) is 0.672. The van der Waals surface area contributed by atoms with Gasteiger partial charge in [-0.15, -0.1) is 0 Å². The van der Waals surface area contributed by atoms with Gasteiger partial charge >= 0.3 is 5.69 Å². The van der Waals surface area contributed by atoms with Crippen LogP contribution in [0.15, 0.2) is 24.4 Å². The van der Waals surface area contributed by atoms with E-state index < -0.39 is 11.3 Å². The summed E-state index contributed by atoms with van der Waals surface area (Å²) in [5, 5.41) is 14.8. The number of aromatic nitrogens is 1. The standard InChI is InChI=1S/C16H17F2N3O3/c1-9-6-11(4-5-24-9)20-15-12-7-10(16(17)18)2-3-13(12)19-8-14(15)21(22)23/h2-3,7-9,11,16H,4-6H2,1H3,(H,19,20)/t9-,11-/m1/s1. The zero-order valence-electron chi connectivity index (χ0n) is 13.0. The molecule has 0 unspecified atom stereocenters. The van der Waals surface area contributed by atoms with Crippen molar-refractivity contribution in [3.63, 3.8) is 0 Å². The maximum Gasteiger partial charge on any atom is 0.311 e. The third-order valence-electron chi connectivity index (χ3n) is 4.15. The number of alkyl halides is 2. The van der Waals surface area contributed by atoms with E-state index in [0.717, 1.165) is 6.20 Å². The molecular weight excluding hydrogens is 320 g/mol. The number of hydrogen-bond acceptors (Lipinski definition) is 5. The number of nitrogens with zero attached hydrogens (tertiary/aromatic N) is 2. The Kier molecular flexibility index (Phi) is 4.57. The van der Waals surface area contributed by atoms with Gasteiger partial charge in [-0.3, -0.25) is 10.1 Å². The van der Waals surface area contributed by atoms with Crippen LogP contribution in [0.2, 0.25) is 0 Å². The zero-order valence-corrected chi connectivity index (χ0v) is 13.0. The van der Waals surface area contributed by atoms with Crippen LogP contribution in [0.4, 0.5) is 20.2 Å². The normalized spacial score (nSPS) is 21.2. The molecule has 2 heterocycles. The van der Waals surface area contributed by atoms with Crippen molar-refractivity contribution in [1.82, 2.24) is 4.98 Å². The highest BCUT2D eigenvalue weighted by atomic mass is 19.3. The van der Waals surface area contributed by atoms with Gasteiger partial charge in [0.25, 0.3) is 6.43 Å². The van der Waals surface area contributed by atoms with Gasteiger partial charge in [0.05, 0.1) is 16.5 Å². The Morgan fingerprint density at radius 3 is 2.92 bits per heavy atom. The predicted molar refractivity (Wildman–Crippen MR) is 85.4 cm³/mol. The molecule has 1 aromatic heterocycles. The van der Waals surface area contributed by atoms with Gasteiger partial charge in [-0.1, -0.05) is 6.07 Å². The van der Waals surface area contributed by atoms with Gasteiger partial charge in [-0.05, 0) is 31.9 Å². The minimum absolute atomic E-state index is 0.0201. The Bertz CT molecular complexity index is 770. The average molecular weight is 337 g/mol. The first-order valence-electron chi connectivity index (χ1n) is 7.69. The van der Waals surface area contributed by atoms with Crippen LogP contribution in [0.3, 0.4) is 0 Å². The van der Waals surface area contributed by atoms with E-state index in [9.17, 15) is 18.9 Å². The fourth-order valence-corrected chi connectivity index (χ4v) is 2.96. The molecule has 0 amide bonds. The summed E-state index contributed by atoms with van der Waals surface area (Å²) in [5.41, 5.74) is 0.278. The number of nitrogens with one attached hydrogen (secondary N) is 1. The highest BCUT2D eigenvalue weighted by molar-refractivity contribution is 5.96. The van der Waals surface area contributed by atoms with Crippen LogP contribution in [0.5, 0.6) is 0 Å². The molecule has 6 nitrogen and oxygen atoms in total. The Morgan fingerprint density at radius 1 is 1.46 bits per heavy atom. The number of benzene rings is 1. The molecule has 2 atom stereocenters. The van der Waals surface area contributed by atoms with Crippen LogP contribution in [0, 0.1) is 10.1 Å². The fraction of sp³-hybridized carbons (Fsp3) is 0.438. The van der Waals surface area contributed by atoms with Crippen LogP contribution in [0.1, 0.15) is 31.8 Å². The first kappa shape index (κ1) is 16.5. The fourth-order valence-electron chi connectivity index (χ4n) is 2.96. The van der Waals surface area contributed by atoms with Gasteiger partial charge < -0.3 is 10.1 Å². The second-order valence-corrected chi connectivity index (χ2v) is 5.90. The number of ether oxygens (including phenoxy) is 1. The molecule has 0 bridgehead atoms. The van der Waals surface area contributed by atoms with E-state index in [0.29, 0.717) is 30.4 Å². The van der Waals surface area contributed by atoms with Crippen molar-refractivity contribution in [2.24, 2.45) is 0 Å². The molecular formula is C16H17F2N3O3. The van der Waals surface area contributed by atoms with E-state index in [1.54, 1.807) is 0 Å². The first-order valence-corrected chi connectivity index (χ1v) is 7.69. The lowest BCUT2D eigenvalue weighted by Crippen LogP contribution is -2.32. The van der Waals surface area contributed by atoms with Crippen molar-refractivity contribution in [1.29, 1.82) is 0 Å². The van der Waals surface area contributed by atoms with Gasteiger partial charge in [-0.2, -0.15) is 0 Å². The number of nitro groups is 1. The largest absolute Gasteiger partial charge is 0.378 e. The van der Waals surface area contributed by atoms with E-state index in [2.05, 4.69) is 10.3 Å². The minimum Gasteiger partial charge on any atom is -0.378 e. The Balaban J connectivity index is 2.08. The van der Waals surface area contributed by atoms with E-state index in [1.807, 2.05) is 6.92 Å². The van der Waals surface area contributed by atoms with Crippen molar-refractivity contribution in [3.8, 4) is 0 Å². The Morgan fingerprint density at radius 2 is 2.25 bits per heavy atom. The van der Waals surface area contributed by atoms with Crippen molar-refractivity contribution >= 4 is 22.3 Å². The van der Waals surface area contributed by atoms with Gasteiger partial charge in [0.1, 0.15) is 11.9 Å². The molecule has 1 aliphatic heterocycles. The van der Waals surface area contributed by atoms with E-state index in [1.165, 1.54) is 18.2 Å². The first-order chi connectivity index (χ1) is 11.5. The van der Waals surface area contributed by atoms with E-state index >= 15 is 0 Å². The molecule has 1 saturated heterocycles. The predicted octanol–water partition coefficient (Wildman–Crippen LogP) is 4.06. The molecule has 0 aliphatic carbocycles. The number of rotatable bonds is 4. The number of halogens is 2. The molecule has 3 rings (SSSR count). The summed E-state index contributed by atoms with van der Waals surface area (Å²) in [7, 11) is 0. The Labute approximate surface area is 137 Å². The SMILES string of the molecule is C[C@@H]1C[C@H](Nc2c([N+](=O)[O-])cnc3ccc(C(F)F)cc23)CCO1. The lowest BCUT2D eigenvalue weighted by molar-refractivity contribution is -0.384. The van der Waals surface area contributed by atoms with E-state index in [-0.39, 0.29) is 29.1 Å². The molecule has 0 saturated carbocycles. The maximum absolute atomic E-state index is 13.0. The third kappa shape index (κ3) is 3.28. The minimum atomic E-state index is -2.65. The van der Waals surface area contributed by atoms with Crippen LogP contribution in [-0.2, 0) is 4.74 Å². The molecule has 0 spiro atoms. The highest BCUT2D eigenvalue weighted by Crippen LogP contribution is 2.35. The van der Waals surface area contributed by atoms with E-state index in [4.69, 9.17) is 4.74 Å². The van der Waals surface area contributed by atoms with Crippen LogP contribution in [-0.4, -0.2) is 28.7 Å². The molecule has 1 aromatic carbocycles. The van der Waals surface area contributed by atoms with Gasteiger partial charge in [0.2, 0.25) is 0 Å². The lowest BCUT2D eigenvalue weighted by Gasteiger charge is -2.28. The van der Waals surface area contributed by atoms with Crippen molar-refractivity contribution in [3.05, 3.63) is 40.1 Å². The summed E-state index contributed by atoms with van der Waals surface area (Å²) in [6.45, 7) is 2.49. The van der Waals surface area contributed by atoms with Crippen LogP contribution < -0.4 is 5.32 Å². The smallest absolute Gasteiger partial charge is 0.311 e. The van der Waals surface area contributed by atoms with Gasteiger partial charge in [-0.25, -0.2) is 13.8 Å². The van der Waals surface area contributed by atoms with Crippen LogP contribution >= 0.6 is 0 Å². The topological polar surface area (TPSA) is 77.3 Å². The molecule has 128 valence electrons. The number of fused-ring (bicyclic) bond motifs is 1. The maximum atomic E-state index is 13.0. The van der Waals surface area contributed by atoms with Crippen molar-refractivity contribution in [2.75, 3.05) is 11.9 Å². The summed E-state index contributed by atoms with van der Waals surface area (Å²) >= 11 is 0. The summed E-state index contributed by atoms with van der Waals surface area (Å²) in [6.07, 6.45) is -0.0604. The van der Waals surface area contributed by atoms with Crippen molar-refractivity contribution < 1.29 is 18.4 Å². The zero-order chi connectivity index (χ0) is 17.3. The monoisotopic (exact) mass is 337 g/mol. The van der Waals surface area contributed by atoms with Crippen LogP contribution in [0.25, 0.3) is 10.9 Å². The summed E-state index contributed by atoms with van der Waals surface area (Å²) in [5.74, 6) is 0. The van der Waals surface area contributed by atoms with Crippen molar-refractivity contribution in [2.45, 2.75) is 38.3 Å². The molecule has 1 aliphatic rings. The summed E-state index contributed by atoms with van der Waals surface area (Å²) in [6, 6.07) is 3.99. The summed E-state index contributed by atoms with van der Waals surface area (Å²) < 4.78 is 31.5. The molecule has 1 fully saturated rings. The number of pyridine rings is 1. The second-order valence-electron chi connectivity index (χ2n) is 5.90. The molecule has 8 heteroatoms. The Hall–Kier alpha value is -2.35. The molecule has 0 radical (unpaired) electrons. The lowest BCUT2D eigenvalue weighted by atomic mass is 10.0. The highest BCUT2D eigenvalue weighted by Gasteiger charge is 2.25. The summed E-state index contributed by atoms with van der Waals surface area (Å²) in [4.78, 5) is 14.8. The molecule has 24 heavy (non-hydrogen) atoms. The van der Waals surface area contributed by atoms with Gasteiger partial charge in [0.15, 0.2) is 0 Å².